The van der Waals surface area contributed by atoms with E-state index in [-0.39, 0.29) is 11.8 Å². The summed E-state index contributed by atoms with van der Waals surface area (Å²) in [6, 6.07) is 7.97. The molecule has 0 bridgehead atoms. The Morgan fingerprint density at radius 1 is 1.31 bits per heavy atom. The van der Waals surface area contributed by atoms with Crippen molar-refractivity contribution in [3.8, 4) is 11.1 Å². The third-order valence-corrected chi connectivity index (χ3v) is 5.17. The van der Waals surface area contributed by atoms with Crippen molar-refractivity contribution < 1.29 is 4.79 Å². The second-order valence-electron chi connectivity index (χ2n) is 7.05. The van der Waals surface area contributed by atoms with Gasteiger partial charge in [-0.15, -0.1) is 0 Å². The van der Waals surface area contributed by atoms with Gasteiger partial charge in [0.05, 0.1) is 0 Å². The minimum Gasteiger partial charge on any atom is -0.398 e. The van der Waals surface area contributed by atoms with Gasteiger partial charge in [-0.2, -0.15) is 0 Å². The van der Waals surface area contributed by atoms with Gasteiger partial charge >= 0.3 is 0 Å². The average Bonchev–Trinajstić information content (AvgIpc) is 3.38. The molecule has 0 spiro atoms. The number of benzene rings is 1. The maximum atomic E-state index is 12.2. The van der Waals surface area contributed by atoms with Gasteiger partial charge in [-0.1, -0.05) is 13.8 Å². The molecular weight excluding hydrogens is 324 g/mol. The molecule has 132 valence electrons. The van der Waals surface area contributed by atoms with E-state index in [2.05, 4.69) is 35.2 Å². The predicted octanol–water partition coefficient (Wildman–Crippen LogP) is 4.04. The molecule has 4 rings (SSSR count). The van der Waals surface area contributed by atoms with Gasteiger partial charge in [-0.25, -0.2) is 4.98 Å². The first-order chi connectivity index (χ1) is 12.6. The molecule has 1 saturated carbocycles. The summed E-state index contributed by atoms with van der Waals surface area (Å²) in [5.41, 5.74) is 10.3. The molecular formula is C21H22N4O. The molecule has 3 aromatic rings. The highest BCUT2D eigenvalue weighted by Crippen LogP contribution is 2.38. The van der Waals surface area contributed by atoms with Gasteiger partial charge in [-0.05, 0) is 59.5 Å². The highest BCUT2D eigenvalue weighted by Gasteiger charge is 2.39. The van der Waals surface area contributed by atoms with Crippen molar-refractivity contribution in [2.75, 3.05) is 11.1 Å². The number of fused-ring (bicyclic) bond motifs is 1. The third kappa shape index (κ3) is 3.01. The van der Waals surface area contributed by atoms with E-state index in [0.717, 1.165) is 34.7 Å². The van der Waals surface area contributed by atoms with Gasteiger partial charge in [-0.3, -0.25) is 9.78 Å². The Balaban J connectivity index is 1.73. The summed E-state index contributed by atoms with van der Waals surface area (Å²) in [4.78, 5) is 20.8. The van der Waals surface area contributed by atoms with Crippen LogP contribution in [0, 0.1) is 11.8 Å². The maximum Gasteiger partial charge on any atom is 0.228 e. The van der Waals surface area contributed by atoms with Crippen LogP contribution in [0.4, 0.5) is 11.5 Å². The summed E-state index contributed by atoms with van der Waals surface area (Å²) < 4.78 is 0. The van der Waals surface area contributed by atoms with Crippen molar-refractivity contribution in [2.45, 2.75) is 26.7 Å². The fourth-order valence-corrected chi connectivity index (χ4v) is 3.41. The second kappa shape index (κ2) is 6.41. The van der Waals surface area contributed by atoms with Gasteiger partial charge in [0.1, 0.15) is 5.82 Å². The summed E-state index contributed by atoms with van der Waals surface area (Å²) in [5, 5.41) is 4.77. The van der Waals surface area contributed by atoms with E-state index in [9.17, 15) is 4.79 Å². The van der Waals surface area contributed by atoms with Crippen LogP contribution in [0.5, 0.6) is 0 Å². The van der Waals surface area contributed by atoms with E-state index in [1.54, 1.807) is 6.20 Å². The summed E-state index contributed by atoms with van der Waals surface area (Å²) in [6.45, 7) is 4.21. The van der Waals surface area contributed by atoms with Crippen LogP contribution in [-0.4, -0.2) is 15.9 Å². The highest BCUT2D eigenvalue weighted by molar-refractivity contribution is 6.00. The Labute approximate surface area is 152 Å². The molecule has 26 heavy (non-hydrogen) atoms. The number of nitrogen functional groups attached to an aromatic ring is 1. The molecule has 2 aromatic heterocycles. The van der Waals surface area contributed by atoms with Crippen molar-refractivity contribution in [3.05, 3.63) is 48.4 Å². The largest absolute Gasteiger partial charge is 0.398 e. The lowest BCUT2D eigenvalue weighted by Crippen LogP contribution is -2.15. The summed E-state index contributed by atoms with van der Waals surface area (Å²) >= 11 is 0. The van der Waals surface area contributed by atoms with Gasteiger partial charge in [0.25, 0.3) is 0 Å². The molecule has 3 N–H and O–H groups in total. The fourth-order valence-electron chi connectivity index (χ4n) is 3.41. The molecule has 1 aliphatic rings. The van der Waals surface area contributed by atoms with Crippen molar-refractivity contribution >= 4 is 28.2 Å². The van der Waals surface area contributed by atoms with E-state index in [4.69, 9.17) is 5.73 Å². The van der Waals surface area contributed by atoms with Crippen LogP contribution < -0.4 is 11.1 Å². The fraction of sp³-hybridized carbons (Fsp3) is 0.286. The smallest absolute Gasteiger partial charge is 0.228 e. The molecule has 1 aromatic carbocycles. The first-order valence-electron chi connectivity index (χ1n) is 9.00. The van der Waals surface area contributed by atoms with E-state index >= 15 is 0 Å². The summed E-state index contributed by atoms with van der Waals surface area (Å²) in [5.74, 6) is 1.20. The molecule has 2 heterocycles. The zero-order chi connectivity index (χ0) is 18.3. The predicted molar refractivity (Wildman–Crippen MR) is 105 cm³/mol. The molecule has 5 nitrogen and oxygen atoms in total. The molecule has 0 radical (unpaired) electrons. The maximum absolute atomic E-state index is 12.2. The Hall–Kier alpha value is -2.95. The van der Waals surface area contributed by atoms with Crippen LogP contribution in [0.2, 0.25) is 0 Å². The third-order valence-electron chi connectivity index (χ3n) is 5.17. The van der Waals surface area contributed by atoms with Crippen LogP contribution in [0.15, 0.2) is 42.9 Å². The Morgan fingerprint density at radius 2 is 2.12 bits per heavy atom. The van der Waals surface area contributed by atoms with E-state index in [1.807, 2.05) is 30.6 Å². The first-order valence-corrected chi connectivity index (χ1v) is 9.00. The van der Waals surface area contributed by atoms with E-state index in [0.29, 0.717) is 17.4 Å². The van der Waals surface area contributed by atoms with E-state index < -0.39 is 0 Å². The Bertz CT molecular complexity index is 998. The minimum atomic E-state index is 0.0500. The summed E-state index contributed by atoms with van der Waals surface area (Å²) in [7, 11) is 0. The van der Waals surface area contributed by atoms with Crippen LogP contribution in [0.3, 0.4) is 0 Å². The highest BCUT2D eigenvalue weighted by atomic mass is 16.2. The van der Waals surface area contributed by atoms with Crippen molar-refractivity contribution in [1.82, 2.24) is 9.97 Å². The van der Waals surface area contributed by atoms with Gasteiger partial charge in [0, 0.05) is 41.1 Å². The van der Waals surface area contributed by atoms with E-state index in [1.165, 1.54) is 5.56 Å². The second-order valence-corrected chi connectivity index (χ2v) is 7.05. The number of aromatic nitrogens is 2. The van der Waals surface area contributed by atoms with Crippen LogP contribution in [0.25, 0.3) is 21.9 Å². The number of nitrogens with two attached hydrogens (primary N) is 1. The zero-order valence-electron chi connectivity index (χ0n) is 15.0. The number of nitrogens with zero attached hydrogens (tertiary/aromatic N) is 2. The standard InChI is InChI=1S/C21H22N4O/c1-3-13-4-5-23-10-17(13)14-7-15-9-20(24-11-18(15)19(22)8-14)25-21(26)16-6-12(16)2/h4-5,7-12,16H,3,6,22H2,1-2H3,(H,24,25,26)/t12-,16-/m1/s1. The molecule has 1 amide bonds. The molecule has 1 fully saturated rings. The normalized spacial score (nSPS) is 18.7. The van der Waals surface area contributed by atoms with Crippen LogP contribution in [0.1, 0.15) is 25.8 Å². The van der Waals surface area contributed by atoms with Gasteiger partial charge in [0.2, 0.25) is 5.91 Å². The lowest BCUT2D eigenvalue weighted by Gasteiger charge is -2.11. The molecule has 5 heteroatoms. The zero-order valence-corrected chi connectivity index (χ0v) is 15.0. The first kappa shape index (κ1) is 16.5. The SMILES string of the molecule is CCc1ccncc1-c1cc(N)c2cnc(NC(=O)[C@@H]3C[C@H]3C)cc2c1. The number of rotatable bonds is 4. The topological polar surface area (TPSA) is 80.9 Å². The number of carbonyl (C=O) groups is 1. The number of amides is 1. The van der Waals surface area contributed by atoms with Crippen molar-refractivity contribution in [3.63, 3.8) is 0 Å². The number of hydrogen-bond donors (Lipinski definition) is 2. The molecule has 2 atom stereocenters. The minimum absolute atomic E-state index is 0.0500. The Morgan fingerprint density at radius 3 is 2.85 bits per heavy atom. The molecule has 0 aliphatic heterocycles. The Kier molecular flexibility index (Phi) is 4.07. The number of pyridine rings is 2. The molecule has 1 aliphatic carbocycles. The lowest BCUT2D eigenvalue weighted by atomic mass is 9.97. The van der Waals surface area contributed by atoms with Gasteiger partial charge in [0.15, 0.2) is 0 Å². The van der Waals surface area contributed by atoms with Gasteiger partial charge < -0.3 is 11.1 Å². The van der Waals surface area contributed by atoms with Crippen LogP contribution >= 0.6 is 0 Å². The molecule has 0 saturated heterocycles. The number of nitrogens with one attached hydrogen (secondary N) is 1. The molecule has 0 unspecified atom stereocenters. The lowest BCUT2D eigenvalue weighted by molar-refractivity contribution is -0.117. The monoisotopic (exact) mass is 346 g/mol. The average molecular weight is 346 g/mol. The number of carbonyl (C=O) groups excluding carboxylic acids is 1. The summed E-state index contributed by atoms with van der Waals surface area (Å²) in [6.07, 6.45) is 7.29. The van der Waals surface area contributed by atoms with Crippen LogP contribution in [-0.2, 0) is 11.2 Å². The number of anilines is 2. The van der Waals surface area contributed by atoms with Crippen molar-refractivity contribution in [1.29, 1.82) is 0 Å². The quantitative estimate of drug-likeness (QED) is 0.699. The number of aryl methyl sites for hydroxylation is 1. The van der Waals surface area contributed by atoms with Crippen molar-refractivity contribution in [2.24, 2.45) is 11.8 Å². The number of hydrogen-bond acceptors (Lipinski definition) is 4.